The van der Waals surface area contributed by atoms with Crippen LogP contribution in [0.15, 0.2) is 18.2 Å². The van der Waals surface area contributed by atoms with Gasteiger partial charge in [-0.25, -0.2) is 4.98 Å². The van der Waals surface area contributed by atoms with Crippen LogP contribution in [0.4, 0.5) is 0 Å². The summed E-state index contributed by atoms with van der Waals surface area (Å²) in [5, 5.41) is 0.784. The number of nitrogens with zero attached hydrogens (tertiary/aromatic N) is 2. The van der Waals surface area contributed by atoms with Gasteiger partial charge in [0.25, 0.3) is 0 Å². The molecule has 2 unspecified atom stereocenters. The molecule has 1 aromatic heterocycles. The Hall–Kier alpha value is -1.06. The summed E-state index contributed by atoms with van der Waals surface area (Å²) in [6, 6.07) is 6.82. The van der Waals surface area contributed by atoms with Crippen molar-refractivity contribution in [3.8, 4) is 0 Å². The van der Waals surface area contributed by atoms with Crippen molar-refractivity contribution in [1.82, 2.24) is 9.55 Å². The van der Waals surface area contributed by atoms with Gasteiger partial charge in [-0.15, -0.1) is 0 Å². The molecule has 2 aromatic rings. The van der Waals surface area contributed by atoms with E-state index >= 15 is 0 Å². The minimum atomic E-state index is 0.00802. The van der Waals surface area contributed by atoms with Crippen molar-refractivity contribution in [3.05, 3.63) is 29.0 Å². The molecule has 2 fully saturated rings. The summed E-state index contributed by atoms with van der Waals surface area (Å²) in [6.45, 7) is 2.28. The molecule has 0 radical (unpaired) electrons. The minimum Gasteiger partial charge on any atom is -0.327 e. The van der Waals surface area contributed by atoms with Gasteiger partial charge < -0.3 is 10.3 Å². The number of fused-ring (bicyclic) bond motifs is 1. The van der Waals surface area contributed by atoms with Crippen LogP contribution in [-0.2, 0) is 5.41 Å². The molecule has 0 aliphatic heterocycles. The molecule has 2 aliphatic rings. The van der Waals surface area contributed by atoms with Crippen LogP contribution in [-0.4, -0.2) is 15.6 Å². The largest absolute Gasteiger partial charge is 0.327 e. The van der Waals surface area contributed by atoms with Crippen LogP contribution in [0.1, 0.15) is 50.9 Å². The highest BCUT2D eigenvalue weighted by molar-refractivity contribution is 6.31. The van der Waals surface area contributed by atoms with Crippen molar-refractivity contribution in [2.75, 3.05) is 0 Å². The average molecular weight is 290 g/mol. The van der Waals surface area contributed by atoms with Gasteiger partial charge in [0.1, 0.15) is 5.82 Å². The molecule has 1 aromatic carbocycles. The van der Waals surface area contributed by atoms with Gasteiger partial charge in [-0.05, 0) is 43.9 Å². The Bertz CT molecular complexity index is 674. The molecule has 1 heterocycles. The van der Waals surface area contributed by atoms with Gasteiger partial charge in [-0.1, -0.05) is 24.9 Å². The van der Waals surface area contributed by atoms with E-state index in [4.69, 9.17) is 22.3 Å². The molecule has 2 N–H and O–H groups in total. The number of benzene rings is 1. The van der Waals surface area contributed by atoms with E-state index in [-0.39, 0.29) is 11.5 Å². The second kappa shape index (κ2) is 4.22. The standard InChI is InChI=1S/C16H20ClN3/c1-16(8-2-3-14(16)18)15-19-12-7-4-10(17)9-13(12)20(15)11-5-6-11/h4,7,9,11,14H,2-3,5-6,8,18H2,1H3. The van der Waals surface area contributed by atoms with Gasteiger partial charge in [-0.3, -0.25) is 0 Å². The topological polar surface area (TPSA) is 43.8 Å². The smallest absolute Gasteiger partial charge is 0.117 e. The summed E-state index contributed by atoms with van der Waals surface area (Å²) in [7, 11) is 0. The van der Waals surface area contributed by atoms with Crippen molar-refractivity contribution in [1.29, 1.82) is 0 Å². The van der Waals surface area contributed by atoms with Crippen molar-refractivity contribution in [2.24, 2.45) is 5.73 Å². The first kappa shape index (κ1) is 12.7. The monoisotopic (exact) mass is 289 g/mol. The quantitative estimate of drug-likeness (QED) is 0.914. The maximum Gasteiger partial charge on any atom is 0.117 e. The molecule has 4 heteroatoms. The maximum atomic E-state index is 6.41. The zero-order chi connectivity index (χ0) is 13.9. The van der Waals surface area contributed by atoms with Crippen molar-refractivity contribution in [3.63, 3.8) is 0 Å². The number of imidazole rings is 1. The molecule has 0 amide bonds. The lowest BCUT2D eigenvalue weighted by Crippen LogP contribution is -2.40. The summed E-state index contributed by atoms with van der Waals surface area (Å²) in [4.78, 5) is 4.94. The van der Waals surface area contributed by atoms with E-state index in [2.05, 4.69) is 17.6 Å². The lowest BCUT2D eigenvalue weighted by molar-refractivity contribution is 0.388. The Morgan fingerprint density at radius 3 is 2.80 bits per heavy atom. The molecule has 0 saturated heterocycles. The van der Waals surface area contributed by atoms with Gasteiger partial charge in [0, 0.05) is 22.5 Å². The van der Waals surface area contributed by atoms with Gasteiger partial charge in [0.15, 0.2) is 0 Å². The highest BCUT2D eigenvalue weighted by Gasteiger charge is 2.44. The number of hydrogen-bond donors (Lipinski definition) is 1. The molecule has 20 heavy (non-hydrogen) atoms. The Kier molecular flexibility index (Phi) is 2.67. The number of halogens is 1. The first-order chi connectivity index (χ1) is 9.59. The van der Waals surface area contributed by atoms with Crippen LogP contribution in [0.2, 0.25) is 5.02 Å². The lowest BCUT2D eigenvalue weighted by atomic mass is 9.84. The van der Waals surface area contributed by atoms with Crippen LogP contribution < -0.4 is 5.73 Å². The molecule has 2 atom stereocenters. The fourth-order valence-corrected chi connectivity index (χ4v) is 3.81. The summed E-state index contributed by atoms with van der Waals surface area (Å²) >= 11 is 6.18. The summed E-state index contributed by atoms with van der Waals surface area (Å²) in [6.07, 6.45) is 5.93. The SMILES string of the molecule is CC1(c2nc3ccc(Cl)cc3n2C2CC2)CCCC1N. The van der Waals surface area contributed by atoms with Gasteiger partial charge in [-0.2, -0.15) is 0 Å². The Morgan fingerprint density at radius 2 is 2.15 bits per heavy atom. The summed E-state index contributed by atoms with van der Waals surface area (Å²) in [5.74, 6) is 1.18. The highest BCUT2D eigenvalue weighted by Crippen LogP contribution is 2.46. The minimum absolute atomic E-state index is 0.00802. The van der Waals surface area contributed by atoms with E-state index in [0.29, 0.717) is 6.04 Å². The normalized spacial score (nSPS) is 30.2. The summed E-state index contributed by atoms with van der Waals surface area (Å²) < 4.78 is 2.42. The fraction of sp³-hybridized carbons (Fsp3) is 0.562. The predicted molar refractivity (Wildman–Crippen MR) is 82.2 cm³/mol. The van der Waals surface area contributed by atoms with Gasteiger partial charge >= 0.3 is 0 Å². The van der Waals surface area contributed by atoms with Crippen LogP contribution in [0, 0.1) is 0 Å². The number of aromatic nitrogens is 2. The molecular weight excluding hydrogens is 270 g/mol. The van der Waals surface area contributed by atoms with E-state index in [1.807, 2.05) is 12.1 Å². The number of nitrogens with two attached hydrogens (primary N) is 1. The Morgan fingerprint density at radius 1 is 1.35 bits per heavy atom. The molecule has 0 spiro atoms. The van der Waals surface area contributed by atoms with E-state index in [9.17, 15) is 0 Å². The maximum absolute atomic E-state index is 6.41. The van der Waals surface area contributed by atoms with Gasteiger partial charge in [0.05, 0.1) is 11.0 Å². The average Bonchev–Trinajstić information content (AvgIpc) is 3.10. The van der Waals surface area contributed by atoms with E-state index < -0.39 is 0 Å². The molecule has 4 rings (SSSR count). The molecule has 2 saturated carbocycles. The molecule has 106 valence electrons. The fourth-order valence-electron chi connectivity index (χ4n) is 3.64. The second-order valence-corrected chi connectivity index (χ2v) is 7.02. The first-order valence-electron chi connectivity index (χ1n) is 7.53. The third-order valence-electron chi connectivity index (χ3n) is 5.10. The lowest BCUT2D eigenvalue weighted by Gasteiger charge is -2.29. The number of rotatable bonds is 2. The molecule has 3 nitrogen and oxygen atoms in total. The van der Waals surface area contributed by atoms with E-state index in [1.165, 1.54) is 30.6 Å². The summed E-state index contributed by atoms with van der Waals surface area (Å²) in [5.41, 5.74) is 8.64. The molecule has 2 aliphatic carbocycles. The zero-order valence-corrected chi connectivity index (χ0v) is 12.5. The van der Waals surface area contributed by atoms with Crippen molar-refractivity contribution >= 4 is 22.6 Å². The molecular formula is C16H20ClN3. The van der Waals surface area contributed by atoms with E-state index in [1.54, 1.807) is 0 Å². The zero-order valence-electron chi connectivity index (χ0n) is 11.8. The third kappa shape index (κ3) is 1.73. The van der Waals surface area contributed by atoms with Crippen LogP contribution >= 0.6 is 11.6 Å². The third-order valence-corrected chi connectivity index (χ3v) is 5.34. The Balaban J connectivity index is 1.97. The molecule has 0 bridgehead atoms. The second-order valence-electron chi connectivity index (χ2n) is 6.59. The van der Waals surface area contributed by atoms with E-state index in [0.717, 1.165) is 23.4 Å². The van der Waals surface area contributed by atoms with Crippen LogP contribution in [0.25, 0.3) is 11.0 Å². The first-order valence-corrected chi connectivity index (χ1v) is 7.91. The highest BCUT2D eigenvalue weighted by atomic mass is 35.5. The van der Waals surface area contributed by atoms with Crippen LogP contribution in [0.5, 0.6) is 0 Å². The number of hydrogen-bond acceptors (Lipinski definition) is 2. The van der Waals surface area contributed by atoms with Crippen molar-refractivity contribution in [2.45, 2.75) is 56.5 Å². The van der Waals surface area contributed by atoms with Crippen LogP contribution in [0.3, 0.4) is 0 Å². The van der Waals surface area contributed by atoms with Crippen molar-refractivity contribution < 1.29 is 0 Å². The van der Waals surface area contributed by atoms with Gasteiger partial charge in [0.2, 0.25) is 0 Å². The Labute approximate surface area is 124 Å². The predicted octanol–water partition coefficient (Wildman–Crippen LogP) is 3.79.